The number of hydrogen-bond donors (Lipinski definition) is 1. The second kappa shape index (κ2) is 6.76. The Morgan fingerprint density at radius 1 is 1.26 bits per heavy atom. The van der Waals surface area contributed by atoms with E-state index in [2.05, 4.69) is 39.1 Å². The molecule has 0 radical (unpaired) electrons. The Bertz CT molecular complexity index is 400. The SMILES string of the molecule is CCNC(CSC(C)(C)C)c1c(C)cc(C)cc1F. The van der Waals surface area contributed by atoms with E-state index in [1.165, 1.54) is 0 Å². The summed E-state index contributed by atoms with van der Waals surface area (Å²) in [6.07, 6.45) is 0. The third kappa shape index (κ3) is 5.15. The molecule has 3 heteroatoms. The highest BCUT2D eigenvalue weighted by Crippen LogP contribution is 2.31. The molecule has 1 N–H and O–H groups in total. The maximum absolute atomic E-state index is 14.3. The Morgan fingerprint density at radius 2 is 1.89 bits per heavy atom. The number of rotatable bonds is 5. The number of thioether (sulfide) groups is 1. The van der Waals surface area contributed by atoms with Gasteiger partial charge in [0.15, 0.2) is 0 Å². The van der Waals surface area contributed by atoms with E-state index in [0.29, 0.717) is 0 Å². The van der Waals surface area contributed by atoms with Crippen LogP contribution in [0.4, 0.5) is 4.39 Å². The topological polar surface area (TPSA) is 12.0 Å². The van der Waals surface area contributed by atoms with Crippen LogP contribution in [0.5, 0.6) is 0 Å². The second-order valence-electron chi connectivity index (χ2n) is 6.01. The Kier molecular flexibility index (Phi) is 5.87. The van der Waals surface area contributed by atoms with Gasteiger partial charge in [-0.05, 0) is 37.6 Å². The fourth-order valence-corrected chi connectivity index (χ4v) is 3.14. The van der Waals surface area contributed by atoms with Crippen molar-refractivity contribution in [2.24, 2.45) is 0 Å². The molecule has 0 heterocycles. The number of aryl methyl sites for hydroxylation is 2. The molecule has 108 valence electrons. The average molecular weight is 283 g/mol. The molecule has 1 aromatic rings. The summed E-state index contributed by atoms with van der Waals surface area (Å²) in [6.45, 7) is 13.4. The van der Waals surface area contributed by atoms with Crippen molar-refractivity contribution in [3.05, 3.63) is 34.6 Å². The minimum atomic E-state index is -0.0852. The summed E-state index contributed by atoms with van der Waals surface area (Å²) in [5.74, 6) is 0.802. The van der Waals surface area contributed by atoms with Gasteiger partial charge in [0.05, 0.1) is 0 Å². The average Bonchev–Trinajstić information content (AvgIpc) is 2.23. The molecule has 0 saturated heterocycles. The van der Waals surface area contributed by atoms with Crippen LogP contribution in [0.25, 0.3) is 0 Å². The lowest BCUT2D eigenvalue weighted by Gasteiger charge is -2.25. The van der Waals surface area contributed by atoms with Gasteiger partial charge in [0.25, 0.3) is 0 Å². The van der Waals surface area contributed by atoms with Gasteiger partial charge in [-0.1, -0.05) is 33.8 Å². The zero-order chi connectivity index (χ0) is 14.6. The fraction of sp³-hybridized carbons (Fsp3) is 0.625. The molecule has 1 nitrogen and oxygen atoms in total. The molecule has 1 unspecified atom stereocenters. The van der Waals surface area contributed by atoms with E-state index in [0.717, 1.165) is 29.0 Å². The van der Waals surface area contributed by atoms with Crippen molar-refractivity contribution in [1.29, 1.82) is 0 Å². The van der Waals surface area contributed by atoms with E-state index in [1.807, 2.05) is 25.6 Å². The summed E-state index contributed by atoms with van der Waals surface area (Å²) in [7, 11) is 0. The molecular formula is C16H26FNS. The number of hydrogen-bond acceptors (Lipinski definition) is 2. The molecule has 1 rings (SSSR count). The molecule has 0 aliphatic heterocycles. The molecular weight excluding hydrogens is 257 g/mol. The molecule has 0 aromatic heterocycles. The molecule has 1 aromatic carbocycles. The molecule has 19 heavy (non-hydrogen) atoms. The van der Waals surface area contributed by atoms with Crippen LogP contribution in [-0.4, -0.2) is 17.0 Å². The number of nitrogens with one attached hydrogen (secondary N) is 1. The highest BCUT2D eigenvalue weighted by atomic mass is 32.2. The summed E-state index contributed by atoms with van der Waals surface area (Å²) in [4.78, 5) is 0. The van der Waals surface area contributed by atoms with Crippen LogP contribution in [0.15, 0.2) is 12.1 Å². The summed E-state index contributed by atoms with van der Waals surface area (Å²) < 4.78 is 14.5. The molecule has 0 saturated carbocycles. The molecule has 1 atom stereocenters. The first-order chi connectivity index (χ1) is 8.74. The van der Waals surface area contributed by atoms with E-state index in [4.69, 9.17) is 0 Å². The Hall–Kier alpha value is -0.540. The molecule has 0 amide bonds. The Morgan fingerprint density at radius 3 is 2.37 bits per heavy atom. The van der Waals surface area contributed by atoms with Gasteiger partial charge in [-0.15, -0.1) is 0 Å². The van der Waals surface area contributed by atoms with Gasteiger partial charge in [-0.3, -0.25) is 0 Å². The Labute approximate surface area is 121 Å². The van der Waals surface area contributed by atoms with E-state index < -0.39 is 0 Å². The Balaban J connectivity index is 2.99. The fourth-order valence-electron chi connectivity index (χ4n) is 2.19. The van der Waals surface area contributed by atoms with Crippen LogP contribution in [0.1, 0.15) is 50.4 Å². The van der Waals surface area contributed by atoms with Crippen molar-refractivity contribution in [1.82, 2.24) is 5.32 Å². The lowest BCUT2D eigenvalue weighted by Crippen LogP contribution is -2.26. The quantitative estimate of drug-likeness (QED) is 0.846. The van der Waals surface area contributed by atoms with Crippen LogP contribution >= 0.6 is 11.8 Å². The predicted octanol–water partition coefficient (Wildman–Crippen LogP) is 4.62. The monoisotopic (exact) mass is 283 g/mol. The van der Waals surface area contributed by atoms with Gasteiger partial charge < -0.3 is 5.32 Å². The molecule has 0 bridgehead atoms. The minimum Gasteiger partial charge on any atom is -0.309 e. The highest BCUT2D eigenvalue weighted by Gasteiger charge is 2.21. The van der Waals surface area contributed by atoms with E-state index in [9.17, 15) is 4.39 Å². The largest absolute Gasteiger partial charge is 0.309 e. The minimum absolute atomic E-state index is 0.0785. The van der Waals surface area contributed by atoms with Crippen molar-refractivity contribution in [3.8, 4) is 0 Å². The van der Waals surface area contributed by atoms with Crippen LogP contribution in [0.3, 0.4) is 0 Å². The third-order valence-corrected chi connectivity index (χ3v) is 4.33. The smallest absolute Gasteiger partial charge is 0.128 e. The van der Waals surface area contributed by atoms with E-state index >= 15 is 0 Å². The third-order valence-electron chi connectivity index (χ3n) is 2.96. The first-order valence-corrected chi connectivity index (χ1v) is 7.87. The molecule has 0 aliphatic rings. The molecule has 0 spiro atoms. The maximum Gasteiger partial charge on any atom is 0.128 e. The summed E-state index contributed by atoms with van der Waals surface area (Å²) in [5, 5.41) is 3.41. The maximum atomic E-state index is 14.3. The summed E-state index contributed by atoms with van der Waals surface area (Å²) >= 11 is 1.87. The first-order valence-electron chi connectivity index (χ1n) is 6.88. The van der Waals surface area contributed by atoms with Gasteiger partial charge >= 0.3 is 0 Å². The van der Waals surface area contributed by atoms with Crippen molar-refractivity contribution in [3.63, 3.8) is 0 Å². The van der Waals surface area contributed by atoms with Crippen molar-refractivity contribution in [2.75, 3.05) is 12.3 Å². The summed E-state index contributed by atoms with van der Waals surface area (Å²) in [6, 6.07) is 3.77. The standard InChI is InChI=1S/C16H26FNS/c1-7-18-14(10-19-16(4,5)6)15-12(3)8-11(2)9-13(15)17/h8-9,14,18H,7,10H2,1-6H3. The zero-order valence-corrected chi connectivity index (χ0v) is 13.7. The normalized spacial score (nSPS) is 13.6. The highest BCUT2D eigenvalue weighted by molar-refractivity contribution is 8.00. The van der Waals surface area contributed by atoms with Crippen LogP contribution < -0.4 is 5.32 Å². The van der Waals surface area contributed by atoms with Gasteiger partial charge in [-0.25, -0.2) is 4.39 Å². The van der Waals surface area contributed by atoms with Gasteiger partial charge in [0.2, 0.25) is 0 Å². The van der Waals surface area contributed by atoms with Gasteiger partial charge in [0.1, 0.15) is 5.82 Å². The molecule has 0 fully saturated rings. The van der Waals surface area contributed by atoms with Gasteiger partial charge in [0, 0.05) is 22.1 Å². The molecule has 0 aliphatic carbocycles. The predicted molar refractivity (Wildman–Crippen MR) is 84.5 cm³/mol. The lowest BCUT2D eigenvalue weighted by atomic mass is 9.99. The van der Waals surface area contributed by atoms with Crippen molar-refractivity contribution < 1.29 is 4.39 Å². The summed E-state index contributed by atoms with van der Waals surface area (Å²) in [5.41, 5.74) is 2.85. The van der Waals surface area contributed by atoms with Crippen molar-refractivity contribution >= 4 is 11.8 Å². The zero-order valence-electron chi connectivity index (χ0n) is 12.9. The van der Waals surface area contributed by atoms with Crippen LogP contribution in [0, 0.1) is 19.7 Å². The van der Waals surface area contributed by atoms with Crippen LogP contribution in [-0.2, 0) is 0 Å². The first kappa shape index (κ1) is 16.5. The van der Waals surface area contributed by atoms with Gasteiger partial charge in [-0.2, -0.15) is 11.8 Å². The lowest BCUT2D eigenvalue weighted by molar-refractivity contribution is 0.540. The van der Waals surface area contributed by atoms with E-state index in [1.54, 1.807) is 6.07 Å². The van der Waals surface area contributed by atoms with Crippen LogP contribution in [0.2, 0.25) is 0 Å². The number of benzene rings is 1. The number of halogens is 1. The van der Waals surface area contributed by atoms with E-state index in [-0.39, 0.29) is 16.6 Å². The van der Waals surface area contributed by atoms with Crippen molar-refractivity contribution in [2.45, 2.75) is 52.3 Å². The second-order valence-corrected chi connectivity index (χ2v) is 7.86.